The van der Waals surface area contributed by atoms with E-state index < -0.39 is 12.9 Å². The average molecular weight is 264 g/mol. The predicted molar refractivity (Wildman–Crippen MR) is 68.7 cm³/mol. The van der Waals surface area contributed by atoms with Crippen LogP contribution < -0.4 is 10.2 Å². The van der Waals surface area contributed by atoms with E-state index in [1.807, 2.05) is 17.7 Å². The summed E-state index contributed by atoms with van der Waals surface area (Å²) in [5, 5.41) is 18.0. The first-order valence-electron chi connectivity index (χ1n) is 5.83. The summed E-state index contributed by atoms with van der Waals surface area (Å²) in [7, 11) is -1.71. The van der Waals surface area contributed by atoms with Crippen LogP contribution >= 0.6 is 0 Å². The highest BCUT2D eigenvalue weighted by Crippen LogP contribution is 2.11. The normalized spacial score (nSPS) is 10.5. The smallest absolute Gasteiger partial charge is 0.488 e. The topological polar surface area (TPSA) is 67.5 Å². The highest BCUT2D eigenvalue weighted by molar-refractivity contribution is 6.58. The third kappa shape index (κ3) is 3.55. The Labute approximate surface area is 110 Å². The van der Waals surface area contributed by atoms with E-state index in [0.29, 0.717) is 13.2 Å². The molecule has 1 aromatic heterocycles. The fourth-order valence-electron chi connectivity index (χ4n) is 1.72. The second-order valence-corrected chi connectivity index (χ2v) is 4.11. The average Bonchev–Trinajstić information content (AvgIpc) is 2.74. The van der Waals surface area contributed by atoms with Gasteiger partial charge >= 0.3 is 7.12 Å². The molecule has 2 rings (SSSR count). The van der Waals surface area contributed by atoms with Crippen LogP contribution in [0, 0.1) is 12.7 Å². The fourth-order valence-corrected chi connectivity index (χ4v) is 1.72. The van der Waals surface area contributed by atoms with Crippen LogP contribution in [0.2, 0.25) is 0 Å². The van der Waals surface area contributed by atoms with Crippen LogP contribution in [0.15, 0.2) is 30.6 Å². The zero-order chi connectivity index (χ0) is 13.8. The van der Waals surface area contributed by atoms with Crippen molar-refractivity contribution in [3.8, 4) is 5.75 Å². The number of aromatic nitrogens is 2. The number of hydrogen-bond donors (Lipinski definition) is 2. The molecule has 0 aliphatic heterocycles. The maximum absolute atomic E-state index is 13.2. The molecule has 0 aliphatic rings. The first-order valence-corrected chi connectivity index (χ1v) is 5.83. The van der Waals surface area contributed by atoms with Crippen molar-refractivity contribution in [2.24, 2.45) is 0 Å². The third-order valence-electron chi connectivity index (χ3n) is 2.72. The predicted octanol–water partition coefficient (Wildman–Crippen LogP) is 0.0894. The molecule has 1 heterocycles. The first kappa shape index (κ1) is 13.6. The van der Waals surface area contributed by atoms with Crippen LogP contribution in [0.5, 0.6) is 5.75 Å². The standard InChI is InChI=1S/C12H14BFN2O3/c1-9-15-2-3-16(9)4-5-19-12-7-10(13(17)18)6-11(14)8-12/h2-3,6-8,17-18H,4-5H2,1H3. The summed E-state index contributed by atoms with van der Waals surface area (Å²) >= 11 is 0. The van der Waals surface area contributed by atoms with Gasteiger partial charge in [-0.15, -0.1) is 0 Å². The molecule has 0 saturated carbocycles. The summed E-state index contributed by atoms with van der Waals surface area (Å²) in [6, 6.07) is 3.65. The number of aryl methyl sites for hydroxylation is 1. The Morgan fingerprint density at radius 3 is 2.79 bits per heavy atom. The number of hydrogen-bond acceptors (Lipinski definition) is 4. The quantitative estimate of drug-likeness (QED) is 0.751. The highest BCUT2D eigenvalue weighted by Gasteiger charge is 2.13. The molecule has 1 aromatic carbocycles. The van der Waals surface area contributed by atoms with Crippen molar-refractivity contribution in [3.63, 3.8) is 0 Å². The Bertz CT molecular complexity index is 560. The SMILES string of the molecule is Cc1nccn1CCOc1cc(F)cc(B(O)O)c1. The van der Waals surface area contributed by atoms with E-state index in [9.17, 15) is 4.39 Å². The van der Waals surface area contributed by atoms with Crippen molar-refractivity contribution in [2.75, 3.05) is 6.61 Å². The van der Waals surface area contributed by atoms with Gasteiger partial charge in [0, 0.05) is 18.5 Å². The van der Waals surface area contributed by atoms with Crippen molar-refractivity contribution in [1.82, 2.24) is 9.55 Å². The Balaban J connectivity index is 1.98. The molecule has 7 heteroatoms. The molecule has 0 unspecified atom stereocenters. The molecule has 2 N–H and O–H groups in total. The number of benzene rings is 1. The lowest BCUT2D eigenvalue weighted by Gasteiger charge is -2.09. The molecule has 0 saturated heterocycles. The Morgan fingerprint density at radius 1 is 1.37 bits per heavy atom. The molecule has 0 fully saturated rings. The van der Waals surface area contributed by atoms with E-state index in [4.69, 9.17) is 14.8 Å². The summed E-state index contributed by atoms with van der Waals surface area (Å²) in [5.41, 5.74) is 0.0637. The summed E-state index contributed by atoms with van der Waals surface area (Å²) in [6.45, 7) is 2.80. The number of nitrogens with zero attached hydrogens (tertiary/aromatic N) is 2. The van der Waals surface area contributed by atoms with Crippen molar-refractivity contribution in [1.29, 1.82) is 0 Å². The van der Waals surface area contributed by atoms with E-state index in [1.165, 1.54) is 12.1 Å². The van der Waals surface area contributed by atoms with Crippen molar-refractivity contribution in [3.05, 3.63) is 42.2 Å². The van der Waals surface area contributed by atoms with Crippen molar-refractivity contribution < 1.29 is 19.2 Å². The zero-order valence-corrected chi connectivity index (χ0v) is 10.5. The van der Waals surface area contributed by atoms with E-state index in [-0.39, 0.29) is 11.2 Å². The van der Waals surface area contributed by atoms with Gasteiger partial charge in [-0.2, -0.15) is 0 Å². The summed E-state index contributed by atoms with van der Waals surface area (Å²) in [6.07, 6.45) is 3.52. The molecular formula is C12H14BFN2O3. The van der Waals surface area contributed by atoms with Gasteiger partial charge in [-0.3, -0.25) is 0 Å². The zero-order valence-electron chi connectivity index (χ0n) is 10.5. The number of ether oxygens (including phenoxy) is 1. The van der Waals surface area contributed by atoms with Crippen LogP contribution in [0.4, 0.5) is 4.39 Å². The maximum Gasteiger partial charge on any atom is 0.488 e. The third-order valence-corrected chi connectivity index (χ3v) is 2.72. The summed E-state index contributed by atoms with van der Waals surface area (Å²) in [4.78, 5) is 4.07. The Hall–Kier alpha value is -1.86. The highest BCUT2D eigenvalue weighted by atomic mass is 19.1. The molecule has 0 aliphatic carbocycles. The molecule has 0 radical (unpaired) electrons. The van der Waals surface area contributed by atoms with Crippen molar-refractivity contribution >= 4 is 12.6 Å². The summed E-state index contributed by atoms with van der Waals surface area (Å²) in [5.74, 6) is 0.564. The van der Waals surface area contributed by atoms with E-state index in [1.54, 1.807) is 6.20 Å². The van der Waals surface area contributed by atoms with Crippen LogP contribution in [-0.4, -0.2) is 33.3 Å². The van der Waals surface area contributed by atoms with Gasteiger partial charge in [0.25, 0.3) is 0 Å². The van der Waals surface area contributed by atoms with Gasteiger partial charge in [0.2, 0.25) is 0 Å². The van der Waals surface area contributed by atoms with Gasteiger partial charge in [0.1, 0.15) is 24.0 Å². The molecule has 19 heavy (non-hydrogen) atoms. The van der Waals surface area contributed by atoms with Crippen LogP contribution in [0.1, 0.15) is 5.82 Å². The largest absolute Gasteiger partial charge is 0.492 e. The minimum atomic E-state index is -1.71. The molecule has 100 valence electrons. The van der Waals surface area contributed by atoms with Gasteiger partial charge < -0.3 is 19.4 Å². The lowest BCUT2D eigenvalue weighted by molar-refractivity contribution is 0.295. The molecule has 0 amide bonds. The van der Waals surface area contributed by atoms with Gasteiger partial charge in [0.05, 0.1) is 6.54 Å². The number of imidazole rings is 1. The summed E-state index contributed by atoms with van der Waals surface area (Å²) < 4.78 is 20.5. The molecule has 0 spiro atoms. The Kier molecular flexibility index (Phi) is 4.18. The van der Waals surface area contributed by atoms with Gasteiger partial charge in [0.15, 0.2) is 0 Å². The molecule has 2 aromatic rings. The number of halogens is 1. The Morgan fingerprint density at radius 2 is 2.16 bits per heavy atom. The first-order chi connectivity index (χ1) is 9.06. The second kappa shape index (κ2) is 5.86. The lowest BCUT2D eigenvalue weighted by Crippen LogP contribution is -2.30. The monoisotopic (exact) mass is 264 g/mol. The lowest BCUT2D eigenvalue weighted by atomic mass is 9.80. The van der Waals surface area contributed by atoms with E-state index in [0.717, 1.165) is 11.9 Å². The van der Waals surface area contributed by atoms with Crippen LogP contribution in [-0.2, 0) is 6.54 Å². The van der Waals surface area contributed by atoms with Gasteiger partial charge in [-0.25, -0.2) is 9.37 Å². The molecular weight excluding hydrogens is 250 g/mol. The van der Waals surface area contributed by atoms with Crippen LogP contribution in [0.25, 0.3) is 0 Å². The number of rotatable bonds is 5. The molecule has 0 bridgehead atoms. The van der Waals surface area contributed by atoms with E-state index >= 15 is 0 Å². The minimum Gasteiger partial charge on any atom is -0.492 e. The minimum absolute atomic E-state index is 0.0637. The molecule has 0 atom stereocenters. The fraction of sp³-hybridized carbons (Fsp3) is 0.250. The van der Waals surface area contributed by atoms with Crippen molar-refractivity contribution in [2.45, 2.75) is 13.5 Å². The van der Waals surface area contributed by atoms with Gasteiger partial charge in [-0.05, 0) is 24.5 Å². The second-order valence-electron chi connectivity index (χ2n) is 4.11. The molecule has 5 nitrogen and oxygen atoms in total. The maximum atomic E-state index is 13.2. The van der Waals surface area contributed by atoms with E-state index in [2.05, 4.69) is 4.98 Å². The van der Waals surface area contributed by atoms with Crippen LogP contribution in [0.3, 0.4) is 0 Å². The van der Waals surface area contributed by atoms with Gasteiger partial charge in [-0.1, -0.05) is 0 Å².